The first-order valence-corrected chi connectivity index (χ1v) is 6.96. The van der Waals surface area contributed by atoms with Crippen LogP contribution < -0.4 is 5.32 Å². The van der Waals surface area contributed by atoms with E-state index in [2.05, 4.69) is 5.32 Å². The van der Waals surface area contributed by atoms with E-state index in [0.29, 0.717) is 6.42 Å². The van der Waals surface area contributed by atoms with Crippen LogP contribution in [0.3, 0.4) is 0 Å². The fourth-order valence-electron chi connectivity index (χ4n) is 2.44. The average Bonchev–Trinajstić information content (AvgIpc) is 2.47. The largest absolute Gasteiger partial charge is 0.395 e. The molecule has 1 unspecified atom stereocenters. The molecule has 0 spiro atoms. The molecule has 4 heteroatoms. The van der Waals surface area contributed by atoms with Gasteiger partial charge in [0, 0.05) is 17.6 Å². The molecule has 2 nitrogen and oxygen atoms in total. The maximum Gasteiger partial charge on any atom is 0.130 e. The predicted molar refractivity (Wildman–Crippen MR) is 78.9 cm³/mol. The number of nitrogens with one attached hydrogen (secondary N) is 1. The predicted octanol–water partition coefficient (Wildman–Crippen LogP) is 3.22. The Morgan fingerprint density at radius 3 is 2.19 bits per heavy atom. The summed E-state index contributed by atoms with van der Waals surface area (Å²) in [4.78, 5) is 0. The molecular formula is C17H19F2NO. The molecule has 0 saturated heterocycles. The molecule has 0 amide bonds. The number of halogens is 2. The fourth-order valence-corrected chi connectivity index (χ4v) is 2.44. The van der Waals surface area contributed by atoms with Crippen LogP contribution in [0, 0.1) is 11.6 Å². The third-order valence-electron chi connectivity index (χ3n) is 3.46. The second-order valence-electron chi connectivity index (χ2n) is 5.09. The van der Waals surface area contributed by atoms with Crippen molar-refractivity contribution in [3.8, 4) is 0 Å². The maximum atomic E-state index is 13.7. The normalized spacial score (nSPS) is 13.9. The monoisotopic (exact) mass is 291 g/mol. The molecule has 0 radical (unpaired) electrons. The van der Waals surface area contributed by atoms with E-state index >= 15 is 0 Å². The van der Waals surface area contributed by atoms with Crippen LogP contribution in [0.2, 0.25) is 0 Å². The van der Waals surface area contributed by atoms with Gasteiger partial charge in [0.05, 0.1) is 6.61 Å². The van der Waals surface area contributed by atoms with Gasteiger partial charge in [0.15, 0.2) is 0 Å². The average molecular weight is 291 g/mol. The molecule has 0 aliphatic rings. The maximum absolute atomic E-state index is 13.7. The summed E-state index contributed by atoms with van der Waals surface area (Å²) in [6, 6.07) is 12.7. The highest BCUT2D eigenvalue weighted by Gasteiger charge is 2.19. The molecule has 2 aromatic carbocycles. The van der Waals surface area contributed by atoms with Gasteiger partial charge >= 0.3 is 0 Å². The van der Waals surface area contributed by atoms with Gasteiger partial charge in [0.2, 0.25) is 0 Å². The Bertz CT molecular complexity index is 554. The molecular weight excluding hydrogens is 272 g/mol. The Morgan fingerprint density at radius 2 is 1.62 bits per heavy atom. The second-order valence-corrected chi connectivity index (χ2v) is 5.09. The molecule has 112 valence electrons. The van der Waals surface area contributed by atoms with E-state index in [9.17, 15) is 13.9 Å². The van der Waals surface area contributed by atoms with Gasteiger partial charge in [-0.2, -0.15) is 0 Å². The van der Waals surface area contributed by atoms with Crippen LogP contribution in [0.25, 0.3) is 0 Å². The number of benzene rings is 2. The minimum Gasteiger partial charge on any atom is -0.395 e. The van der Waals surface area contributed by atoms with Crippen molar-refractivity contribution in [3.05, 3.63) is 71.3 Å². The third kappa shape index (κ3) is 4.09. The first-order valence-electron chi connectivity index (χ1n) is 6.96. The molecule has 0 saturated carbocycles. The Hall–Kier alpha value is -1.78. The third-order valence-corrected chi connectivity index (χ3v) is 3.46. The summed E-state index contributed by atoms with van der Waals surface area (Å²) in [5.41, 5.74) is 1.06. The Kier molecular flexibility index (Phi) is 5.42. The first-order chi connectivity index (χ1) is 10.1. The van der Waals surface area contributed by atoms with Gasteiger partial charge in [0.1, 0.15) is 11.6 Å². The number of aliphatic hydroxyl groups excluding tert-OH is 1. The molecule has 0 aliphatic heterocycles. The number of hydrogen-bond acceptors (Lipinski definition) is 2. The van der Waals surface area contributed by atoms with E-state index in [1.807, 2.05) is 30.3 Å². The van der Waals surface area contributed by atoms with E-state index in [1.165, 1.54) is 18.2 Å². The lowest BCUT2D eigenvalue weighted by molar-refractivity contribution is 0.231. The summed E-state index contributed by atoms with van der Waals surface area (Å²) in [6.07, 6.45) is 0.595. The Balaban J connectivity index is 2.08. The van der Waals surface area contributed by atoms with Gasteiger partial charge in [-0.1, -0.05) is 36.4 Å². The van der Waals surface area contributed by atoms with E-state index in [0.717, 1.165) is 5.56 Å². The standard InChI is InChI=1S/C17H19F2NO/c1-12(17-15(18)8-5-9-16(17)19)20-14(11-21)10-13-6-3-2-4-7-13/h2-9,12,14,20-21H,10-11H2,1H3/t12?,14-/m1/s1. The quantitative estimate of drug-likeness (QED) is 0.856. The van der Waals surface area contributed by atoms with Crippen molar-refractivity contribution < 1.29 is 13.9 Å². The molecule has 0 fully saturated rings. The van der Waals surface area contributed by atoms with Crippen molar-refractivity contribution >= 4 is 0 Å². The number of hydrogen-bond donors (Lipinski definition) is 2. The van der Waals surface area contributed by atoms with Crippen LogP contribution in [0.1, 0.15) is 24.1 Å². The van der Waals surface area contributed by atoms with Crippen molar-refractivity contribution in [2.24, 2.45) is 0 Å². The van der Waals surface area contributed by atoms with Gasteiger partial charge in [-0.3, -0.25) is 0 Å². The summed E-state index contributed by atoms with van der Waals surface area (Å²) in [5, 5.41) is 12.6. The number of rotatable bonds is 6. The van der Waals surface area contributed by atoms with E-state index in [-0.39, 0.29) is 18.2 Å². The van der Waals surface area contributed by atoms with Crippen LogP contribution in [-0.4, -0.2) is 17.8 Å². The minimum absolute atomic E-state index is 0.00371. The molecule has 2 atom stereocenters. The van der Waals surface area contributed by atoms with Gasteiger partial charge in [0.25, 0.3) is 0 Å². The summed E-state index contributed by atoms with van der Waals surface area (Å²) >= 11 is 0. The molecule has 2 N–H and O–H groups in total. The van der Waals surface area contributed by atoms with Gasteiger partial charge in [-0.25, -0.2) is 8.78 Å². The van der Waals surface area contributed by atoms with Gasteiger partial charge in [-0.15, -0.1) is 0 Å². The van der Waals surface area contributed by atoms with Crippen LogP contribution >= 0.6 is 0 Å². The lowest BCUT2D eigenvalue weighted by Crippen LogP contribution is -2.37. The summed E-state index contributed by atoms with van der Waals surface area (Å²) < 4.78 is 27.5. The zero-order valence-electron chi connectivity index (χ0n) is 11.9. The topological polar surface area (TPSA) is 32.3 Å². The SMILES string of the molecule is CC(N[C@@H](CO)Cc1ccccc1)c1c(F)cccc1F. The molecule has 0 aliphatic carbocycles. The van der Waals surface area contributed by atoms with Crippen LogP contribution in [-0.2, 0) is 6.42 Å². The summed E-state index contributed by atoms with van der Waals surface area (Å²) in [5.74, 6) is -1.15. The van der Waals surface area contributed by atoms with Crippen LogP contribution in [0.4, 0.5) is 8.78 Å². The van der Waals surface area contributed by atoms with E-state index < -0.39 is 17.7 Å². The van der Waals surface area contributed by atoms with Crippen molar-refractivity contribution in [3.63, 3.8) is 0 Å². The zero-order chi connectivity index (χ0) is 15.2. The fraction of sp³-hybridized carbons (Fsp3) is 0.294. The highest BCUT2D eigenvalue weighted by atomic mass is 19.1. The smallest absolute Gasteiger partial charge is 0.130 e. The van der Waals surface area contributed by atoms with E-state index in [4.69, 9.17) is 0 Å². The van der Waals surface area contributed by atoms with Gasteiger partial charge in [-0.05, 0) is 31.0 Å². The highest BCUT2D eigenvalue weighted by Crippen LogP contribution is 2.21. The molecule has 0 bridgehead atoms. The highest BCUT2D eigenvalue weighted by molar-refractivity contribution is 5.23. The Labute approximate surface area is 123 Å². The zero-order valence-corrected chi connectivity index (χ0v) is 11.9. The van der Waals surface area contributed by atoms with Crippen molar-refractivity contribution in [1.29, 1.82) is 0 Å². The molecule has 21 heavy (non-hydrogen) atoms. The minimum atomic E-state index is -0.577. The lowest BCUT2D eigenvalue weighted by Gasteiger charge is -2.23. The van der Waals surface area contributed by atoms with E-state index in [1.54, 1.807) is 6.92 Å². The molecule has 2 rings (SSSR count). The van der Waals surface area contributed by atoms with Crippen molar-refractivity contribution in [1.82, 2.24) is 5.32 Å². The lowest BCUT2D eigenvalue weighted by atomic mass is 10.0. The van der Waals surface area contributed by atoms with Crippen LogP contribution in [0.5, 0.6) is 0 Å². The van der Waals surface area contributed by atoms with Gasteiger partial charge < -0.3 is 10.4 Å². The van der Waals surface area contributed by atoms with Crippen molar-refractivity contribution in [2.75, 3.05) is 6.61 Å². The summed E-state index contributed by atoms with van der Waals surface area (Å²) in [6.45, 7) is 1.59. The Morgan fingerprint density at radius 1 is 1.00 bits per heavy atom. The summed E-state index contributed by atoms with van der Waals surface area (Å²) in [7, 11) is 0. The first kappa shape index (κ1) is 15.6. The van der Waals surface area contributed by atoms with Crippen molar-refractivity contribution in [2.45, 2.75) is 25.4 Å². The number of aliphatic hydroxyl groups is 1. The molecule has 0 aromatic heterocycles. The molecule has 2 aromatic rings. The molecule has 0 heterocycles. The van der Waals surface area contributed by atoms with Crippen LogP contribution in [0.15, 0.2) is 48.5 Å². The second kappa shape index (κ2) is 7.29.